The van der Waals surface area contributed by atoms with Crippen molar-refractivity contribution in [3.63, 3.8) is 0 Å². The Balaban J connectivity index is 1.64. The van der Waals surface area contributed by atoms with Crippen LogP contribution in [0.1, 0.15) is 42.9 Å². The zero-order chi connectivity index (χ0) is 15.8. The lowest BCUT2D eigenvalue weighted by Crippen LogP contribution is -2.43. The van der Waals surface area contributed by atoms with E-state index in [1.807, 2.05) is 13.0 Å². The van der Waals surface area contributed by atoms with Crippen molar-refractivity contribution in [2.24, 2.45) is 0 Å². The first-order chi connectivity index (χ1) is 11.3. The number of aliphatic hydroxyl groups is 1. The fraction of sp³-hybridized carbons (Fsp3) is 0.444. The Labute approximate surface area is 136 Å². The van der Waals surface area contributed by atoms with Gasteiger partial charge in [0.15, 0.2) is 0 Å². The van der Waals surface area contributed by atoms with E-state index in [4.69, 9.17) is 0 Å². The van der Waals surface area contributed by atoms with Gasteiger partial charge in [0, 0.05) is 24.7 Å². The van der Waals surface area contributed by atoms with Crippen LogP contribution in [0, 0.1) is 0 Å². The van der Waals surface area contributed by atoms with Gasteiger partial charge in [0.05, 0.1) is 12.6 Å². The molecule has 0 spiro atoms. The summed E-state index contributed by atoms with van der Waals surface area (Å²) in [5, 5.41) is 12.3. The fourth-order valence-corrected chi connectivity index (χ4v) is 3.83. The largest absolute Gasteiger partial charge is 0.394 e. The summed E-state index contributed by atoms with van der Waals surface area (Å²) < 4.78 is 0. The lowest BCUT2D eigenvalue weighted by Gasteiger charge is -2.47. The van der Waals surface area contributed by atoms with Gasteiger partial charge in [0.2, 0.25) is 5.95 Å². The minimum Gasteiger partial charge on any atom is -0.394 e. The van der Waals surface area contributed by atoms with E-state index in [1.54, 1.807) is 6.20 Å². The van der Waals surface area contributed by atoms with Crippen molar-refractivity contribution in [1.82, 2.24) is 9.97 Å². The third-order valence-electron chi connectivity index (χ3n) is 4.96. The summed E-state index contributed by atoms with van der Waals surface area (Å²) in [5.74, 6) is 2.15. The molecule has 1 aromatic carbocycles. The second-order valence-electron chi connectivity index (χ2n) is 6.54. The highest BCUT2D eigenvalue weighted by atomic mass is 16.3. The Morgan fingerprint density at radius 1 is 1.26 bits per heavy atom. The van der Waals surface area contributed by atoms with E-state index in [0.717, 1.165) is 12.4 Å². The van der Waals surface area contributed by atoms with Gasteiger partial charge < -0.3 is 15.3 Å². The molecule has 120 valence electrons. The molecule has 3 heterocycles. The molecule has 2 bridgehead atoms. The van der Waals surface area contributed by atoms with Crippen molar-refractivity contribution in [2.75, 3.05) is 23.4 Å². The fourth-order valence-electron chi connectivity index (χ4n) is 3.83. The van der Waals surface area contributed by atoms with Crippen LogP contribution in [-0.4, -0.2) is 34.3 Å². The third kappa shape index (κ3) is 2.55. The highest BCUT2D eigenvalue weighted by Gasteiger charge is 2.38. The maximum atomic E-state index is 9.18. The molecular weight excluding hydrogens is 288 g/mol. The molecule has 3 atom stereocenters. The second-order valence-corrected chi connectivity index (χ2v) is 6.54. The second kappa shape index (κ2) is 5.81. The van der Waals surface area contributed by atoms with Crippen LogP contribution < -0.4 is 10.2 Å². The molecule has 1 saturated heterocycles. The van der Waals surface area contributed by atoms with Crippen LogP contribution in [0.5, 0.6) is 0 Å². The summed E-state index contributed by atoms with van der Waals surface area (Å²) in [6, 6.07) is 11.2. The zero-order valence-corrected chi connectivity index (χ0v) is 13.3. The van der Waals surface area contributed by atoms with Gasteiger partial charge in [0.25, 0.3) is 0 Å². The summed E-state index contributed by atoms with van der Waals surface area (Å²) in [4.78, 5) is 11.3. The molecule has 0 amide bonds. The number of anilines is 2. The monoisotopic (exact) mass is 310 g/mol. The Morgan fingerprint density at radius 2 is 2.09 bits per heavy atom. The predicted molar refractivity (Wildman–Crippen MR) is 90.7 cm³/mol. The number of benzene rings is 1. The summed E-state index contributed by atoms with van der Waals surface area (Å²) >= 11 is 0. The van der Waals surface area contributed by atoms with Crippen molar-refractivity contribution < 1.29 is 5.11 Å². The smallest absolute Gasteiger partial charge is 0.224 e. The van der Waals surface area contributed by atoms with Crippen molar-refractivity contribution in [1.29, 1.82) is 0 Å². The molecule has 0 saturated carbocycles. The standard InChI is InChI=1S/C18H22N4O/c1-12(11-23)20-18-19-9-8-17(21-18)22-10-13-6-7-16(22)15-5-3-2-4-14(13)15/h2-5,8-9,12-13,16,23H,6-7,10-11H2,1H3,(H,19,20,21)/t12-,13-,16+/m1/s1. The van der Waals surface area contributed by atoms with Gasteiger partial charge >= 0.3 is 0 Å². The van der Waals surface area contributed by atoms with E-state index in [1.165, 1.54) is 24.0 Å². The molecular formula is C18H22N4O. The Morgan fingerprint density at radius 3 is 2.91 bits per heavy atom. The van der Waals surface area contributed by atoms with Crippen molar-refractivity contribution in [2.45, 2.75) is 37.8 Å². The molecule has 5 nitrogen and oxygen atoms in total. The van der Waals surface area contributed by atoms with Crippen LogP contribution in [-0.2, 0) is 0 Å². The van der Waals surface area contributed by atoms with Crippen molar-refractivity contribution in [3.05, 3.63) is 47.7 Å². The molecule has 0 radical (unpaired) electrons. The third-order valence-corrected chi connectivity index (χ3v) is 4.96. The van der Waals surface area contributed by atoms with Crippen LogP contribution >= 0.6 is 0 Å². The average Bonchev–Trinajstić information content (AvgIpc) is 2.62. The molecule has 5 heteroatoms. The van der Waals surface area contributed by atoms with Crippen LogP contribution in [0.15, 0.2) is 36.5 Å². The van der Waals surface area contributed by atoms with E-state index in [9.17, 15) is 5.11 Å². The van der Waals surface area contributed by atoms with E-state index in [0.29, 0.717) is 17.9 Å². The number of hydrogen-bond donors (Lipinski definition) is 2. The van der Waals surface area contributed by atoms with Crippen molar-refractivity contribution >= 4 is 11.8 Å². The number of nitrogens with zero attached hydrogens (tertiary/aromatic N) is 3. The van der Waals surface area contributed by atoms with Gasteiger partial charge in [-0.1, -0.05) is 24.3 Å². The van der Waals surface area contributed by atoms with Crippen LogP contribution in [0.2, 0.25) is 0 Å². The highest BCUT2D eigenvalue weighted by Crippen LogP contribution is 2.47. The molecule has 0 unspecified atom stereocenters. The number of rotatable bonds is 4. The number of piperidine rings is 1. The van der Waals surface area contributed by atoms with E-state index < -0.39 is 0 Å². The quantitative estimate of drug-likeness (QED) is 0.909. The number of nitrogens with one attached hydrogen (secondary N) is 1. The van der Waals surface area contributed by atoms with Crippen LogP contribution in [0.25, 0.3) is 0 Å². The molecule has 5 rings (SSSR count). The van der Waals surface area contributed by atoms with Crippen LogP contribution in [0.3, 0.4) is 0 Å². The molecule has 3 aliphatic rings. The molecule has 2 aromatic rings. The van der Waals surface area contributed by atoms with Gasteiger partial charge in [-0.3, -0.25) is 0 Å². The number of aromatic nitrogens is 2. The lowest BCUT2D eigenvalue weighted by atomic mass is 9.75. The molecule has 2 N–H and O–H groups in total. The molecule has 1 aromatic heterocycles. The topological polar surface area (TPSA) is 61.3 Å². The zero-order valence-electron chi connectivity index (χ0n) is 13.3. The number of aliphatic hydroxyl groups excluding tert-OH is 1. The van der Waals surface area contributed by atoms with E-state index in [-0.39, 0.29) is 12.6 Å². The molecule has 1 aliphatic carbocycles. The van der Waals surface area contributed by atoms with E-state index >= 15 is 0 Å². The summed E-state index contributed by atoms with van der Waals surface area (Å²) in [5.41, 5.74) is 2.97. The van der Waals surface area contributed by atoms with Gasteiger partial charge in [-0.15, -0.1) is 0 Å². The normalized spacial score (nSPS) is 23.5. The SMILES string of the molecule is C[C@H](CO)Nc1nccc(N2C[C@H]3CC[C@H]2c2ccccc23)n1. The Hall–Kier alpha value is -2.14. The maximum Gasteiger partial charge on any atom is 0.224 e. The van der Waals surface area contributed by atoms with Gasteiger partial charge in [-0.25, -0.2) is 4.98 Å². The van der Waals surface area contributed by atoms with Crippen LogP contribution in [0.4, 0.5) is 11.8 Å². The van der Waals surface area contributed by atoms with E-state index in [2.05, 4.69) is 44.5 Å². The first-order valence-electron chi connectivity index (χ1n) is 8.32. The minimum absolute atomic E-state index is 0.0521. The minimum atomic E-state index is -0.0521. The highest BCUT2D eigenvalue weighted by molar-refractivity contribution is 5.52. The Bertz CT molecular complexity index is 705. The molecule has 2 aliphatic heterocycles. The molecule has 1 fully saturated rings. The number of fused-ring (bicyclic) bond motifs is 2. The summed E-state index contributed by atoms with van der Waals surface area (Å²) in [7, 11) is 0. The predicted octanol–water partition coefficient (Wildman–Crippen LogP) is 2.71. The first-order valence-corrected chi connectivity index (χ1v) is 8.32. The van der Waals surface area contributed by atoms with Crippen molar-refractivity contribution in [3.8, 4) is 0 Å². The van der Waals surface area contributed by atoms with Gasteiger partial charge in [-0.05, 0) is 37.0 Å². The summed E-state index contributed by atoms with van der Waals surface area (Å²) in [6.07, 6.45) is 4.24. The average molecular weight is 310 g/mol. The van der Waals surface area contributed by atoms with Gasteiger partial charge in [0.1, 0.15) is 5.82 Å². The Kier molecular flexibility index (Phi) is 3.65. The maximum absolute atomic E-state index is 9.18. The first kappa shape index (κ1) is 14.5. The lowest BCUT2D eigenvalue weighted by molar-refractivity contribution is 0.281. The molecule has 23 heavy (non-hydrogen) atoms. The van der Waals surface area contributed by atoms with Gasteiger partial charge in [-0.2, -0.15) is 4.98 Å². The summed E-state index contributed by atoms with van der Waals surface area (Å²) in [6.45, 7) is 3.00. The number of hydrogen-bond acceptors (Lipinski definition) is 5.